The number of nitrogens with one attached hydrogen (secondary N) is 3. The quantitative estimate of drug-likeness (QED) is 0.212. The van der Waals surface area contributed by atoms with Gasteiger partial charge in [0.15, 0.2) is 11.6 Å². The third-order valence-electron chi connectivity index (χ3n) is 5.90. The number of nitrogens with two attached hydrogens (primary N) is 1. The number of amides is 1. The van der Waals surface area contributed by atoms with Crippen LogP contribution in [0.2, 0.25) is 0 Å². The Morgan fingerprint density at radius 2 is 1.97 bits per heavy atom. The Hall–Kier alpha value is -4.46. The second kappa shape index (κ2) is 9.19. The van der Waals surface area contributed by atoms with Gasteiger partial charge in [0, 0.05) is 37.5 Å². The van der Waals surface area contributed by atoms with Crippen LogP contribution in [-0.2, 0) is 17.8 Å². The highest BCUT2D eigenvalue weighted by atomic mass is 16.1. The number of fused-ring (bicyclic) bond motifs is 2. The van der Waals surface area contributed by atoms with E-state index in [9.17, 15) is 4.79 Å². The molecule has 0 aliphatic carbocycles. The van der Waals surface area contributed by atoms with Crippen molar-refractivity contribution in [2.45, 2.75) is 19.4 Å². The van der Waals surface area contributed by atoms with Crippen molar-refractivity contribution in [2.24, 2.45) is 5.73 Å². The lowest BCUT2D eigenvalue weighted by molar-refractivity contribution is -0.121. The molecule has 5 aromatic rings. The largest absolute Gasteiger partial charge is 0.384 e. The van der Waals surface area contributed by atoms with Crippen LogP contribution in [0.15, 0.2) is 73.1 Å². The van der Waals surface area contributed by atoms with Crippen LogP contribution in [0.3, 0.4) is 0 Å². The van der Waals surface area contributed by atoms with Crippen LogP contribution in [0.4, 0.5) is 0 Å². The van der Waals surface area contributed by atoms with Crippen LogP contribution >= 0.6 is 0 Å². The van der Waals surface area contributed by atoms with Gasteiger partial charge in [-0.1, -0.05) is 42.5 Å². The predicted octanol–water partition coefficient (Wildman–Crippen LogP) is 3.61. The van der Waals surface area contributed by atoms with Crippen molar-refractivity contribution in [3.8, 4) is 11.6 Å². The maximum atomic E-state index is 12.5. The zero-order chi connectivity index (χ0) is 23.5. The fourth-order valence-corrected chi connectivity index (χ4v) is 4.15. The highest BCUT2D eigenvalue weighted by molar-refractivity contribution is 5.98. The molecule has 0 fully saturated rings. The van der Waals surface area contributed by atoms with E-state index in [1.54, 1.807) is 18.3 Å². The van der Waals surface area contributed by atoms with Crippen molar-refractivity contribution in [1.82, 2.24) is 24.8 Å². The maximum absolute atomic E-state index is 12.5. The van der Waals surface area contributed by atoms with Crippen molar-refractivity contribution < 1.29 is 4.79 Å². The molecule has 0 spiro atoms. The second-order valence-corrected chi connectivity index (χ2v) is 8.16. The molecule has 8 nitrogen and oxygen atoms in total. The number of nitrogens with zero attached hydrogens (tertiary/aromatic N) is 3. The number of rotatable bonds is 8. The van der Waals surface area contributed by atoms with Crippen LogP contribution < -0.4 is 11.1 Å². The molecule has 0 saturated carbocycles. The average molecular weight is 452 g/mol. The van der Waals surface area contributed by atoms with Crippen LogP contribution in [0.25, 0.3) is 33.5 Å². The van der Waals surface area contributed by atoms with E-state index in [0.717, 1.165) is 17.5 Å². The maximum Gasteiger partial charge on any atom is 0.221 e. The van der Waals surface area contributed by atoms with E-state index in [2.05, 4.69) is 50.6 Å². The number of aromatic nitrogens is 4. The van der Waals surface area contributed by atoms with Gasteiger partial charge in [-0.3, -0.25) is 10.2 Å². The van der Waals surface area contributed by atoms with E-state index in [0.29, 0.717) is 36.7 Å². The minimum atomic E-state index is -0.00408. The number of carbonyl (C=O) groups excluding carboxylic acids is 1. The van der Waals surface area contributed by atoms with E-state index in [-0.39, 0.29) is 11.7 Å². The molecular weight excluding hydrogens is 426 g/mol. The highest BCUT2D eigenvalue weighted by Gasteiger charge is 2.13. The van der Waals surface area contributed by atoms with Crippen molar-refractivity contribution >= 4 is 33.5 Å². The Kier molecular flexibility index (Phi) is 5.78. The third kappa shape index (κ3) is 4.38. The molecule has 0 atom stereocenters. The van der Waals surface area contributed by atoms with E-state index in [1.165, 1.54) is 16.3 Å². The average Bonchev–Trinajstić information content (AvgIpc) is 3.49. The Bertz CT molecular complexity index is 1490. The van der Waals surface area contributed by atoms with E-state index in [1.807, 2.05) is 29.0 Å². The van der Waals surface area contributed by atoms with Gasteiger partial charge in [-0.2, -0.15) is 0 Å². The first-order valence-corrected chi connectivity index (χ1v) is 11.2. The molecule has 0 aliphatic heterocycles. The summed E-state index contributed by atoms with van der Waals surface area (Å²) >= 11 is 0. The first-order chi connectivity index (χ1) is 16.6. The van der Waals surface area contributed by atoms with Gasteiger partial charge in [0.05, 0.1) is 11.0 Å². The molecule has 5 rings (SSSR count). The summed E-state index contributed by atoms with van der Waals surface area (Å²) in [4.78, 5) is 24.7. The molecule has 0 saturated heterocycles. The van der Waals surface area contributed by atoms with Crippen LogP contribution in [0.1, 0.15) is 17.5 Å². The minimum Gasteiger partial charge on any atom is -0.384 e. The molecule has 1 amide bonds. The lowest BCUT2D eigenvalue weighted by Gasteiger charge is -2.09. The first-order valence-electron chi connectivity index (χ1n) is 11.2. The molecule has 170 valence electrons. The Morgan fingerprint density at radius 3 is 2.85 bits per heavy atom. The highest BCUT2D eigenvalue weighted by Crippen LogP contribution is 2.21. The number of carbonyl (C=O) groups is 1. The first kappa shape index (κ1) is 21.4. The normalized spacial score (nSPS) is 11.2. The number of nitrogen functional groups attached to an aromatic ring is 1. The summed E-state index contributed by atoms with van der Waals surface area (Å²) in [6.07, 6.45) is 4.66. The Labute approximate surface area is 196 Å². The Morgan fingerprint density at radius 1 is 1.12 bits per heavy atom. The number of aromatic amines is 1. The third-order valence-corrected chi connectivity index (χ3v) is 5.90. The molecule has 0 bridgehead atoms. The molecular formula is C26H25N7O. The fraction of sp³-hybridized carbons (Fsp3) is 0.154. The molecule has 0 aliphatic rings. The number of hydrogen-bond acceptors (Lipinski definition) is 4. The summed E-state index contributed by atoms with van der Waals surface area (Å²) in [7, 11) is 0. The summed E-state index contributed by atoms with van der Waals surface area (Å²) in [5.41, 5.74) is 8.99. The van der Waals surface area contributed by atoms with Crippen molar-refractivity contribution in [3.63, 3.8) is 0 Å². The molecule has 34 heavy (non-hydrogen) atoms. The van der Waals surface area contributed by atoms with Gasteiger partial charge in [-0.15, -0.1) is 0 Å². The van der Waals surface area contributed by atoms with Gasteiger partial charge >= 0.3 is 0 Å². The fourth-order valence-electron chi connectivity index (χ4n) is 4.15. The van der Waals surface area contributed by atoms with Crippen LogP contribution in [0, 0.1) is 5.41 Å². The number of benzene rings is 3. The van der Waals surface area contributed by atoms with Crippen molar-refractivity contribution in [1.29, 1.82) is 5.41 Å². The number of hydrogen-bond donors (Lipinski definition) is 4. The molecule has 3 aromatic carbocycles. The summed E-state index contributed by atoms with van der Waals surface area (Å²) in [6, 6.07) is 19.9. The lowest BCUT2D eigenvalue weighted by Crippen LogP contribution is -2.26. The number of aryl methyl sites for hydroxylation is 1. The van der Waals surface area contributed by atoms with Crippen LogP contribution in [-0.4, -0.2) is 37.8 Å². The molecule has 2 heterocycles. The van der Waals surface area contributed by atoms with Gasteiger partial charge < -0.3 is 20.6 Å². The van der Waals surface area contributed by atoms with E-state index >= 15 is 0 Å². The number of imidazole rings is 2. The zero-order valence-corrected chi connectivity index (χ0v) is 18.6. The predicted molar refractivity (Wildman–Crippen MR) is 134 cm³/mol. The molecule has 0 radical (unpaired) electrons. The molecule has 5 N–H and O–H groups in total. The van der Waals surface area contributed by atoms with Crippen molar-refractivity contribution in [3.05, 3.63) is 84.2 Å². The molecule has 2 aromatic heterocycles. The number of amidine groups is 1. The lowest BCUT2D eigenvalue weighted by atomic mass is 10.0. The Balaban J connectivity index is 1.20. The molecule has 0 unspecified atom stereocenters. The summed E-state index contributed by atoms with van der Waals surface area (Å²) in [5.74, 6) is 1.27. The standard InChI is InChI=1S/C26H25N7O/c27-24(28)19-8-9-21-22(16-19)32-25(31-21)26-30-13-15-33(26)14-11-23(34)29-12-10-18-6-3-5-17-4-1-2-7-20(17)18/h1-9,13,15-16H,10-12,14H2,(H3,27,28)(H,29,34)(H,31,32). The summed E-state index contributed by atoms with van der Waals surface area (Å²) < 4.78 is 1.91. The summed E-state index contributed by atoms with van der Waals surface area (Å²) in [6.45, 7) is 1.08. The monoisotopic (exact) mass is 451 g/mol. The van der Waals surface area contributed by atoms with Crippen LogP contribution in [0.5, 0.6) is 0 Å². The van der Waals surface area contributed by atoms with Gasteiger partial charge in [0.1, 0.15) is 5.84 Å². The van der Waals surface area contributed by atoms with Gasteiger partial charge in [0.2, 0.25) is 5.91 Å². The second-order valence-electron chi connectivity index (χ2n) is 8.16. The molecule has 8 heteroatoms. The van der Waals surface area contributed by atoms with Gasteiger partial charge in [0.25, 0.3) is 0 Å². The number of H-pyrrole nitrogens is 1. The minimum absolute atomic E-state index is 0.00408. The summed E-state index contributed by atoms with van der Waals surface area (Å²) in [5, 5.41) is 13.1. The van der Waals surface area contributed by atoms with Gasteiger partial charge in [-0.05, 0) is 41.0 Å². The SMILES string of the molecule is N=C(N)c1ccc2nc(-c3nccn3CCC(=O)NCCc3cccc4ccccc34)[nH]c2c1. The smallest absolute Gasteiger partial charge is 0.221 e. The van der Waals surface area contributed by atoms with E-state index < -0.39 is 0 Å². The van der Waals surface area contributed by atoms with Gasteiger partial charge in [-0.25, -0.2) is 9.97 Å². The van der Waals surface area contributed by atoms with E-state index in [4.69, 9.17) is 11.1 Å². The van der Waals surface area contributed by atoms with Crippen molar-refractivity contribution in [2.75, 3.05) is 6.54 Å². The topological polar surface area (TPSA) is 125 Å². The zero-order valence-electron chi connectivity index (χ0n) is 18.6.